The minimum atomic E-state index is -4.47. The highest BCUT2D eigenvalue weighted by Gasteiger charge is 2.30. The highest BCUT2D eigenvalue weighted by molar-refractivity contribution is 6.43. The second-order valence-electron chi connectivity index (χ2n) is 4.61. The van der Waals surface area contributed by atoms with E-state index >= 15 is 0 Å². The molecule has 122 valence electrons. The topological polar surface area (TPSA) is 62.2 Å². The summed E-state index contributed by atoms with van der Waals surface area (Å²) in [5, 5.41) is 11.6. The molecule has 0 saturated heterocycles. The molecule has 0 aliphatic rings. The Morgan fingerprint density at radius 3 is 2.48 bits per heavy atom. The SMILES string of the molecule is Cc1cc(C(F)(F)F)ccc1Nc1c(C(=O)O)cnc(Cl)c1Cl. The summed E-state index contributed by atoms with van der Waals surface area (Å²) in [4.78, 5) is 14.9. The first kappa shape index (κ1) is 17.4. The maximum absolute atomic E-state index is 12.7. The number of aromatic nitrogens is 1. The molecular weight excluding hydrogens is 356 g/mol. The van der Waals surface area contributed by atoms with Crippen LogP contribution in [-0.2, 0) is 6.18 Å². The molecule has 0 aliphatic heterocycles. The van der Waals surface area contributed by atoms with Gasteiger partial charge >= 0.3 is 12.1 Å². The van der Waals surface area contributed by atoms with Crippen molar-refractivity contribution in [2.24, 2.45) is 0 Å². The number of alkyl halides is 3. The number of pyridine rings is 1. The number of nitrogens with one attached hydrogen (secondary N) is 1. The molecule has 0 atom stereocenters. The standard InChI is InChI=1S/C14H9Cl2F3N2O2/c1-6-4-7(14(17,18)19)2-3-9(6)21-11-8(13(22)23)5-20-12(16)10(11)15/h2-5H,1H3,(H,20,21)(H,22,23). The van der Waals surface area contributed by atoms with Crippen LogP contribution in [0.2, 0.25) is 10.2 Å². The number of hydrogen-bond donors (Lipinski definition) is 2. The minimum Gasteiger partial charge on any atom is -0.478 e. The zero-order valence-corrected chi connectivity index (χ0v) is 13.0. The Morgan fingerprint density at radius 1 is 1.30 bits per heavy atom. The van der Waals surface area contributed by atoms with Gasteiger partial charge in [0.2, 0.25) is 0 Å². The van der Waals surface area contributed by atoms with Gasteiger partial charge in [-0.1, -0.05) is 23.2 Å². The van der Waals surface area contributed by atoms with Gasteiger partial charge in [0.1, 0.15) is 15.7 Å². The van der Waals surface area contributed by atoms with Gasteiger partial charge < -0.3 is 10.4 Å². The lowest BCUT2D eigenvalue weighted by molar-refractivity contribution is -0.137. The molecule has 0 radical (unpaired) electrons. The summed E-state index contributed by atoms with van der Waals surface area (Å²) in [5.41, 5.74) is -0.566. The van der Waals surface area contributed by atoms with E-state index in [1.54, 1.807) is 0 Å². The van der Waals surface area contributed by atoms with Gasteiger partial charge in [-0.15, -0.1) is 0 Å². The molecule has 2 N–H and O–H groups in total. The average Bonchev–Trinajstić information content (AvgIpc) is 2.44. The third kappa shape index (κ3) is 3.68. The molecule has 0 amide bonds. The number of benzene rings is 1. The van der Waals surface area contributed by atoms with Gasteiger partial charge in [0.15, 0.2) is 0 Å². The Hall–Kier alpha value is -1.99. The van der Waals surface area contributed by atoms with Crippen molar-refractivity contribution in [1.29, 1.82) is 0 Å². The van der Waals surface area contributed by atoms with E-state index in [1.165, 1.54) is 13.0 Å². The smallest absolute Gasteiger partial charge is 0.416 e. The van der Waals surface area contributed by atoms with E-state index in [9.17, 15) is 18.0 Å². The molecule has 1 aromatic carbocycles. The van der Waals surface area contributed by atoms with Crippen molar-refractivity contribution in [3.8, 4) is 0 Å². The van der Waals surface area contributed by atoms with Crippen molar-refractivity contribution < 1.29 is 23.1 Å². The van der Waals surface area contributed by atoms with E-state index in [-0.39, 0.29) is 32.7 Å². The largest absolute Gasteiger partial charge is 0.478 e. The minimum absolute atomic E-state index is 0.0398. The Balaban J connectivity index is 2.48. The highest BCUT2D eigenvalue weighted by atomic mass is 35.5. The number of carbonyl (C=O) groups is 1. The van der Waals surface area contributed by atoms with Crippen LogP contribution in [0.4, 0.5) is 24.5 Å². The van der Waals surface area contributed by atoms with Crippen molar-refractivity contribution >= 4 is 40.5 Å². The molecule has 0 aliphatic carbocycles. The summed E-state index contributed by atoms with van der Waals surface area (Å²) in [6, 6.07) is 3.01. The summed E-state index contributed by atoms with van der Waals surface area (Å²) < 4.78 is 38.0. The number of anilines is 2. The number of carboxylic acids is 1. The van der Waals surface area contributed by atoms with Gasteiger partial charge in [-0.3, -0.25) is 0 Å². The number of carboxylic acid groups (broad SMARTS) is 1. The van der Waals surface area contributed by atoms with Gasteiger partial charge in [-0.25, -0.2) is 9.78 Å². The molecule has 1 aromatic heterocycles. The molecule has 0 unspecified atom stereocenters. The van der Waals surface area contributed by atoms with Crippen LogP contribution >= 0.6 is 23.2 Å². The molecule has 0 fully saturated rings. The van der Waals surface area contributed by atoms with E-state index in [2.05, 4.69) is 10.3 Å². The summed E-state index contributed by atoms with van der Waals surface area (Å²) in [6.45, 7) is 1.45. The van der Waals surface area contributed by atoms with Crippen LogP contribution in [0.25, 0.3) is 0 Å². The van der Waals surface area contributed by atoms with Crippen molar-refractivity contribution in [1.82, 2.24) is 4.98 Å². The second kappa shape index (κ2) is 6.25. The quantitative estimate of drug-likeness (QED) is 0.738. The fraction of sp³-hybridized carbons (Fsp3) is 0.143. The van der Waals surface area contributed by atoms with Crippen LogP contribution in [0.1, 0.15) is 21.5 Å². The van der Waals surface area contributed by atoms with E-state index in [1.807, 2.05) is 0 Å². The van der Waals surface area contributed by atoms with Crippen molar-refractivity contribution in [3.63, 3.8) is 0 Å². The number of aryl methyl sites for hydroxylation is 1. The number of halogens is 5. The van der Waals surface area contributed by atoms with Gasteiger partial charge in [-0.05, 0) is 30.7 Å². The Morgan fingerprint density at radius 2 is 1.96 bits per heavy atom. The molecule has 1 heterocycles. The van der Waals surface area contributed by atoms with E-state index in [0.717, 1.165) is 18.3 Å². The van der Waals surface area contributed by atoms with Crippen LogP contribution < -0.4 is 5.32 Å². The molecule has 0 saturated carbocycles. The van der Waals surface area contributed by atoms with Crippen LogP contribution in [0.15, 0.2) is 24.4 Å². The third-order valence-electron chi connectivity index (χ3n) is 3.02. The van der Waals surface area contributed by atoms with Crippen LogP contribution in [0.3, 0.4) is 0 Å². The number of nitrogens with zero attached hydrogens (tertiary/aromatic N) is 1. The first-order valence-corrected chi connectivity index (χ1v) is 6.89. The zero-order valence-electron chi connectivity index (χ0n) is 11.5. The molecule has 2 rings (SSSR count). The lowest BCUT2D eigenvalue weighted by Crippen LogP contribution is -2.08. The summed E-state index contributed by atoms with van der Waals surface area (Å²) in [6.07, 6.45) is -3.45. The fourth-order valence-electron chi connectivity index (χ4n) is 1.86. The lowest BCUT2D eigenvalue weighted by Gasteiger charge is -2.15. The van der Waals surface area contributed by atoms with E-state index in [4.69, 9.17) is 28.3 Å². The summed E-state index contributed by atoms with van der Waals surface area (Å²) in [7, 11) is 0. The van der Waals surface area contributed by atoms with Crippen LogP contribution in [0, 0.1) is 6.92 Å². The number of aromatic carboxylic acids is 1. The Kier molecular flexibility index (Phi) is 4.72. The molecular formula is C14H9Cl2F3N2O2. The van der Waals surface area contributed by atoms with Gasteiger partial charge in [0, 0.05) is 11.9 Å². The molecule has 0 bridgehead atoms. The Labute approximate surface area is 138 Å². The van der Waals surface area contributed by atoms with Crippen molar-refractivity contribution in [2.45, 2.75) is 13.1 Å². The van der Waals surface area contributed by atoms with Gasteiger partial charge in [0.05, 0.1) is 11.3 Å². The maximum atomic E-state index is 12.7. The van der Waals surface area contributed by atoms with Crippen LogP contribution in [-0.4, -0.2) is 16.1 Å². The molecule has 9 heteroatoms. The van der Waals surface area contributed by atoms with E-state index < -0.39 is 17.7 Å². The van der Waals surface area contributed by atoms with Crippen LogP contribution in [0.5, 0.6) is 0 Å². The molecule has 4 nitrogen and oxygen atoms in total. The second-order valence-corrected chi connectivity index (χ2v) is 5.35. The van der Waals surface area contributed by atoms with Gasteiger partial charge in [0.25, 0.3) is 0 Å². The summed E-state index contributed by atoms with van der Waals surface area (Å²) in [5.74, 6) is -1.30. The normalized spacial score (nSPS) is 11.4. The highest BCUT2D eigenvalue weighted by Crippen LogP contribution is 2.36. The molecule has 0 spiro atoms. The predicted octanol–water partition coefficient (Wildman–Crippen LogP) is 5.16. The maximum Gasteiger partial charge on any atom is 0.416 e. The van der Waals surface area contributed by atoms with E-state index in [0.29, 0.717) is 0 Å². The first-order valence-electron chi connectivity index (χ1n) is 6.13. The first-order chi connectivity index (χ1) is 10.6. The zero-order chi connectivity index (χ0) is 17.4. The monoisotopic (exact) mass is 364 g/mol. The van der Waals surface area contributed by atoms with Crippen molar-refractivity contribution in [3.05, 3.63) is 51.3 Å². The molecule has 23 heavy (non-hydrogen) atoms. The van der Waals surface area contributed by atoms with Gasteiger partial charge in [-0.2, -0.15) is 13.2 Å². The predicted molar refractivity (Wildman–Crippen MR) is 80.7 cm³/mol. The fourth-order valence-corrected chi connectivity index (χ4v) is 2.20. The van der Waals surface area contributed by atoms with Crippen molar-refractivity contribution in [2.75, 3.05) is 5.32 Å². The number of hydrogen-bond acceptors (Lipinski definition) is 3. The average molecular weight is 365 g/mol. The Bertz CT molecular complexity index is 779. The number of rotatable bonds is 3. The third-order valence-corrected chi connectivity index (χ3v) is 3.77. The molecule has 2 aromatic rings. The lowest BCUT2D eigenvalue weighted by atomic mass is 10.1. The summed E-state index contributed by atoms with van der Waals surface area (Å²) >= 11 is 11.7.